The number of benzene rings is 2. The number of carbonyl (C=O) groups is 1. The quantitative estimate of drug-likeness (QED) is 0.241. The number of halogens is 3. The van der Waals surface area contributed by atoms with Gasteiger partial charge in [-0.2, -0.15) is 0 Å². The number of aromatic nitrogens is 2. The number of alkyl halides is 1. The molecular weight excluding hydrogens is 535 g/mol. The Hall–Kier alpha value is -3.89. The van der Waals surface area contributed by atoms with Crippen molar-refractivity contribution in [3.8, 4) is 5.75 Å². The Morgan fingerprint density at radius 1 is 1.15 bits per heavy atom. The molecule has 7 nitrogen and oxygen atoms in total. The summed E-state index contributed by atoms with van der Waals surface area (Å²) in [5, 5.41) is 9.65. The summed E-state index contributed by atoms with van der Waals surface area (Å²) in [5.74, 6) is -2.64. The lowest BCUT2D eigenvalue weighted by atomic mass is 9.87. The van der Waals surface area contributed by atoms with Gasteiger partial charge in [-0.15, -0.1) is 0 Å². The van der Waals surface area contributed by atoms with Crippen LogP contribution in [0.25, 0.3) is 10.9 Å². The molecule has 2 aromatic carbocycles. The van der Waals surface area contributed by atoms with Crippen molar-refractivity contribution < 1.29 is 32.5 Å². The zero-order chi connectivity index (χ0) is 29.3. The molecule has 2 N–H and O–H groups in total. The van der Waals surface area contributed by atoms with Crippen molar-refractivity contribution in [2.24, 2.45) is 0 Å². The number of hydrogen-bond donors (Lipinski definition) is 2. The molecule has 0 amide bonds. The Morgan fingerprint density at radius 2 is 1.88 bits per heavy atom. The second-order valence-corrected chi connectivity index (χ2v) is 11.0. The number of para-hydroxylation sites is 1. The van der Waals surface area contributed by atoms with Crippen molar-refractivity contribution in [3.05, 3.63) is 94.4 Å². The van der Waals surface area contributed by atoms with E-state index < -0.39 is 35.9 Å². The summed E-state index contributed by atoms with van der Waals surface area (Å²) in [5.41, 5.74) is 1.95. The van der Waals surface area contributed by atoms with Gasteiger partial charge < -0.3 is 19.6 Å². The van der Waals surface area contributed by atoms with Gasteiger partial charge in [-0.05, 0) is 50.5 Å². The molecule has 0 bridgehead atoms. The van der Waals surface area contributed by atoms with Crippen molar-refractivity contribution in [2.75, 3.05) is 13.2 Å². The van der Waals surface area contributed by atoms with Crippen molar-refractivity contribution in [3.63, 3.8) is 0 Å². The summed E-state index contributed by atoms with van der Waals surface area (Å²) in [6, 6.07) is 12.4. The lowest BCUT2D eigenvalue weighted by Crippen LogP contribution is -2.48. The number of nitrogens with one attached hydrogen (secondary N) is 1. The number of carboxylic acids is 1. The maximum absolute atomic E-state index is 15.8. The fourth-order valence-corrected chi connectivity index (χ4v) is 5.44. The third-order valence-corrected chi connectivity index (χ3v) is 7.17. The second kappa shape index (κ2) is 11.5. The van der Waals surface area contributed by atoms with E-state index in [9.17, 15) is 9.18 Å². The number of aliphatic carboxylic acids is 1. The van der Waals surface area contributed by atoms with Crippen LogP contribution in [-0.2, 0) is 29.2 Å². The highest BCUT2D eigenvalue weighted by molar-refractivity contribution is 5.85. The predicted molar refractivity (Wildman–Crippen MR) is 147 cm³/mol. The number of carboxylic acid groups (broad SMARTS) is 1. The molecule has 5 rings (SSSR count). The Balaban J connectivity index is 1.41. The maximum atomic E-state index is 15.8. The Bertz CT molecular complexity index is 1530. The van der Waals surface area contributed by atoms with Crippen LogP contribution in [0.15, 0.2) is 54.7 Å². The van der Waals surface area contributed by atoms with Crippen molar-refractivity contribution in [2.45, 2.75) is 58.2 Å². The van der Waals surface area contributed by atoms with Crippen LogP contribution in [0.4, 0.5) is 13.2 Å². The van der Waals surface area contributed by atoms with E-state index in [0.717, 1.165) is 28.6 Å². The van der Waals surface area contributed by atoms with E-state index in [-0.39, 0.29) is 37.1 Å². The predicted octanol–water partition coefficient (Wildman–Crippen LogP) is 6.11. The number of hydrogen-bond acceptors (Lipinski definition) is 5. The molecule has 2 aromatic heterocycles. The molecule has 10 heteroatoms. The first kappa shape index (κ1) is 28.6. The molecule has 216 valence electrons. The molecule has 3 heterocycles. The average Bonchev–Trinajstić information content (AvgIpc) is 3.26. The number of rotatable bonds is 10. The highest BCUT2D eigenvalue weighted by atomic mass is 19.1. The summed E-state index contributed by atoms with van der Waals surface area (Å²) < 4.78 is 57.3. The van der Waals surface area contributed by atoms with Crippen LogP contribution < -0.4 is 4.74 Å². The summed E-state index contributed by atoms with van der Waals surface area (Å²) in [4.78, 5) is 20.0. The number of aromatic amines is 1. The SMILES string of the molecule is C[C@@H]1Cc2c([nH]c3ccccc23)[C@@H](c2c(F)cc(OCc3ccc(COCC(=O)O)cn3)cc2F)N1CC(C)(C)F. The number of nitrogens with zero attached hydrogens (tertiary/aromatic N) is 2. The maximum Gasteiger partial charge on any atom is 0.329 e. The Labute approximate surface area is 235 Å². The molecule has 0 saturated carbocycles. The largest absolute Gasteiger partial charge is 0.487 e. The fourth-order valence-electron chi connectivity index (χ4n) is 5.44. The van der Waals surface area contributed by atoms with Gasteiger partial charge >= 0.3 is 5.97 Å². The minimum Gasteiger partial charge on any atom is -0.487 e. The molecule has 4 aromatic rings. The van der Waals surface area contributed by atoms with Gasteiger partial charge in [0.15, 0.2) is 0 Å². The number of ether oxygens (including phenoxy) is 2. The minimum absolute atomic E-state index is 0.00230. The molecule has 0 fully saturated rings. The van der Waals surface area contributed by atoms with Crippen LogP contribution in [0, 0.1) is 11.6 Å². The van der Waals surface area contributed by atoms with E-state index >= 15 is 8.78 Å². The smallest absolute Gasteiger partial charge is 0.329 e. The number of pyridine rings is 1. The Kier molecular flexibility index (Phi) is 8.06. The first-order valence-corrected chi connectivity index (χ1v) is 13.4. The zero-order valence-corrected chi connectivity index (χ0v) is 23.1. The fraction of sp³-hybridized carbons (Fsp3) is 0.355. The minimum atomic E-state index is -1.59. The van der Waals surface area contributed by atoms with E-state index in [1.807, 2.05) is 36.1 Å². The topological polar surface area (TPSA) is 87.7 Å². The van der Waals surface area contributed by atoms with Crippen molar-refractivity contribution in [1.82, 2.24) is 14.9 Å². The van der Waals surface area contributed by atoms with Crippen molar-refractivity contribution >= 4 is 16.9 Å². The van der Waals surface area contributed by atoms with E-state index in [2.05, 4.69) is 9.97 Å². The summed E-state index contributed by atoms with van der Waals surface area (Å²) in [7, 11) is 0. The average molecular weight is 568 g/mol. The van der Waals surface area contributed by atoms with Gasteiger partial charge in [-0.25, -0.2) is 18.0 Å². The highest BCUT2D eigenvalue weighted by Gasteiger charge is 2.41. The molecule has 1 aliphatic heterocycles. The first-order chi connectivity index (χ1) is 19.5. The van der Waals surface area contributed by atoms with E-state index in [1.165, 1.54) is 20.0 Å². The summed E-state index contributed by atoms with van der Waals surface area (Å²) in [6.45, 7) is 4.51. The lowest BCUT2D eigenvalue weighted by Gasteiger charge is -2.43. The zero-order valence-electron chi connectivity index (χ0n) is 23.1. The van der Waals surface area contributed by atoms with Crippen LogP contribution in [0.1, 0.15) is 54.9 Å². The van der Waals surface area contributed by atoms with E-state index in [1.54, 1.807) is 12.1 Å². The third kappa shape index (κ3) is 6.39. The van der Waals surface area contributed by atoms with E-state index in [4.69, 9.17) is 14.6 Å². The van der Waals surface area contributed by atoms with Gasteiger partial charge in [0.2, 0.25) is 0 Å². The van der Waals surface area contributed by atoms with Crippen LogP contribution in [0.5, 0.6) is 5.75 Å². The lowest BCUT2D eigenvalue weighted by molar-refractivity contribution is -0.142. The van der Waals surface area contributed by atoms with Crippen LogP contribution in [-0.4, -0.2) is 50.8 Å². The molecule has 0 unspecified atom stereocenters. The van der Waals surface area contributed by atoms with Crippen LogP contribution in [0.2, 0.25) is 0 Å². The van der Waals surface area contributed by atoms with Crippen LogP contribution >= 0.6 is 0 Å². The molecule has 41 heavy (non-hydrogen) atoms. The van der Waals surface area contributed by atoms with Gasteiger partial charge in [-0.3, -0.25) is 9.88 Å². The highest BCUT2D eigenvalue weighted by Crippen LogP contribution is 2.43. The second-order valence-electron chi connectivity index (χ2n) is 11.0. The van der Waals surface area contributed by atoms with Gasteiger partial charge in [-0.1, -0.05) is 24.3 Å². The summed E-state index contributed by atoms with van der Waals surface area (Å²) >= 11 is 0. The van der Waals surface area contributed by atoms with E-state index in [0.29, 0.717) is 23.4 Å². The molecule has 0 spiro atoms. The van der Waals surface area contributed by atoms with Gasteiger partial charge in [0.1, 0.15) is 36.3 Å². The Morgan fingerprint density at radius 3 is 2.54 bits per heavy atom. The van der Waals surface area contributed by atoms with Crippen LogP contribution in [0.3, 0.4) is 0 Å². The first-order valence-electron chi connectivity index (χ1n) is 13.4. The molecule has 0 radical (unpaired) electrons. The standard InChI is InChI=1S/C31H32F3N3O4/c1-18-10-23-22-6-4-5-7-26(22)36-29(23)30(37(18)17-31(2,3)34)28-24(32)11-21(12-25(28)33)41-15-20-9-8-19(13-35-20)14-40-16-27(38)39/h4-9,11-13,18,30,36H,10,14-17H2,1-3H3,(H,38,39)/t18-,30-/m1/s1. The monoisotopic (exact) mass is 567 g/mol. The molecule has 2 atom stereocenters. The molecular formula is C31H32F3N3O4. The summed E-state index contributed by atoms with van der Waals surface area (Å²) in [6.07, 6.45) is 2.14. The molecule has 0 aliphatic carbocycles. The van der Waals surface area contributed by atoms with Gasteiger partial charge in [0.05, 0.1) is 18.3 Å². The molecule has 0 saturated heterocycles. The van der Waals surface area contributed by atoms with Gasteiger partial charge in [0, 0.05) is 53.1 Å². The molecule has 1 aliphatic rings. The normalized spacial score (nSPS) is 17.5. The number of fused-ring (bicyclic) bond motifs is 3. The third-order valence-electron chi connectivity index (χ3n) is 7.17. The van der Waals surface area contributed by atoms with Crippen molar-refractivity contribution in [1.29, 1.82) is 0 Å². The van der Waals surface area contributed by atoms with Gasteiger partial charge in [0.25, 0.3) is 0 Å². The number of H-pyrrole nitrogens is 1.